The second-order valence-electron chi connectivity index (χ2n) is 4.62. The maximum atomic E-state index is 11.5. The predicted octanol–water partition coefficient (Wildman–Crippen LogP) is 2.45. The molecule has 0 unspecified atom stereocenters. The van der Waals surface area contributed by atoms with E-state index in [-0.39, 0.29) is 6.09 Å². The Morgan fingerprint density at radius 1 is 1.44 bits per heavy atom. The summed E-state index contributed by atoms with van der Waals surface area (Å²) in [6.07, 6.45) is 2.21. The van der Waals surface area contributed by atoms with E-state index < -0.39 is 5.60 Å². The molecule has 1 amide bonds. The smallest absolute Gasteiger partial charge is 0.410 e. The number of nitrogens with zero attached hydrogens (tertiary/aromatic N) is 1. The van der Waals surface area contributed by atoms with Crippen LogP contribution >= 0.6 is 0 Å². The van der Waals surface area contributed by atoms with Crippen LogP contribution in [-0.4, -0.2) is 43.4 Å². The van der Waals surface area contributed by atoms with Gasteiger partial charge >= 0.3 is 6.09 Å². The number of hydrogen-bond donors (Lipinski definition) is 0. The van der Waals surface area contributed by atoms with Crippen molar-refractivity contribution in [2.45, 2.75) is 32.8 Å². The van der Waals surface area contributed by atoms with E-state index >= 15 is 0 Å². The molecule has 0 heterocycles. The minimum Gasteiger partial charge on any atom is -0.444 e. The molecule has 94 valence electrons. The van der Waals surface area contributed by atoms with Crippen molar-refractivity contribution in [1.29, 1.82) is 0 Å². The van der Waals surface area contributed by atoms with Crippen LogP contribution in [0.15, 0.2) is 12.7 Å². The molecule has 16 heavy (non-hydrogen) atoms. The molecule has 4 nitrogen and oxygen atoms in total. The Morgan fingerprint density at radius 3 is 2.56 bits per heavy atom. The molecule has 0 aromatic rings. The average Bonchev–Trinajstić information content (AvgIpc) is 2.14. The van der Waals surface area contributed by atoms with Crippen LogP contribution in [0.4, 0.5) is 4.79 Å². The maximum absolute atomic E-state index is 11.5. The number of carbonyl (C=O) groups is 1. The third kappa shape index (κ3) is 8.29. The highest BCUT2D eigenvalue weighted by atomic mass is 16.6. The van der Waals surface area contributed by atoms with Gasteiger partial charge in [0.2, 0.25) is 0 Å². The molecule has 4 heteroatoms. The molecule has 0 aromatic heterocycles. The van der Waals surface area contributed by atoms with E-state index in [1.165, 1.54) is 0 Å². The van der Waals surface area contributed by atoms with Crippen molar-refractivity contribution in [2.75, 3.05) is 26.8 Å². The Morgan fingerprint density at radius 2 is 2.06 bits per heavy atom. The van der Waals surface area contributed by atoms with E-state index in [0.717, 1.165) is 6.42 Å². The van der Waals surface area contributed by atoms with Crippen LogP contribution in [0.5, 0.6) is 0 Å². The summed E-state index contributed by atoms with van der Waals surface area (Å²) < 4.78 is 10.4. The number of carbonyl (C=O) groups excluding carboxylic acids is 1. The second-order valence-corrected chi connectivity index (χ2v) is 4.62. The standard InChI is InChI=1S/C12H23NO3/c1-6-9-15-10-7-8-13(5)11(14)16-12(2,3)4/h6H,1,7-10H2,2-5H3. The molecule has 0 aromatic carbocycles. The first-order valence-corrected chi connectivity index (χ1v) is 5.49. The molecule has 0 bridgehead atoms. The topological polar surface area (TPSA) is 38.8 Å². The summed E-state index contributed by atoms with van der Waals surface area (Å²) in [4.78, 5) is 13.1. The van der Waals surface area contributed by atoms with Gasteiger partial charge in [0.15, 0.2) is 0 Å². The van der Waals surface area contributed by atoms with Gasteiger partial charge in [0.25, 0.3) is 0 Å². The lowest BCUT2D eigenvalue weighted by atomic mass is 10.2. The van der Waals surface area contributed by atoms with Gasteiger partial charge in [0, 0.05) is 20.2 Å². The SMILES string of the molecule is C=CCOCCCN(C)C(=O)OC(C)(C)C. The van der Waals surface area contributed by atoms with E-state index in [1.54, 1.807) is 18.0 Å². The highest BCUT2D eigenvalue weighted by Crippen LogP contribution is 2.09. The van der Waals surface area contributed by atoms with E-state index in [0.29, 0.717) is 19.8 Å². The van der Waals surface area contributed by atoms with Crippen molar-refractivity contribution >= 4 is 6.09 Å². The number of hydrogen-bond acceptors (Lipinski definition) is 3. The Bertz CT molecular complexity index is 221. The molecule has 0 fully saturated rings. The van der Waals surface area contributed by atoms with Gasteiger partial charge in [0.05, 0.1) is 6.61 Å². The molecule has 0 N–H and O–H groups in total. The van der Waals surface area contributed by atoms with E-state index in [9.17, 15) is 4.79 Å². The van der Waals surface area contributed by atoms with Gasteiger partial charge in [-0.1, -0.05) is 6.08 Å². The zero-order valence-corrected chi connectivity index (χ0v) is 10.8. The van der Waals surface area contributed by atoms with Gasteiger partial charge in [0.1, 0.15) is 5.60 Å². The van der Waals surface area contributed by atoms with Crippen molar-refractivity contribution in [3.8, 4) is 0 Å². The summed E-state index contributed by atoms with van der Waals surface area (Å²) >= 11 is 0. The number of amides is 1. The fraction of sp³-hybridized carbons (Fsp3) is 0.750. The van der Waals surface area contributed by atoms with E-state index in [1.807, 2.05) is 20.8 Å². The normalized spacial score (nSPS) is 11.0. The minimum absolute atomic E-state index is 0.295. The first-order valence-electron chi connectivity index (χ1n) is 5.49. The largest absolute Gasteiger partial charge is 0.444 e. The number of rotatable bonds is 6. The lowest BCUT2D eigenvalue weighted by Gasteiger charge is -2.24. The monoisotopic (exact) mass is 229 g/mol. The van der Waals surface area contributed by atoms with Gasteiger partial charge in [-0.15, -0.1) is 6.58 Å². The molecule has 0 saturated carbocycles. The second kappa shape index (κ2) is 7.28. The van der Waals surface area contributed by atoms with Crippen LogP contribution in [0.1, 0.15) is 27.2 Å². The summed E-state index contributed by atoms with van der Waals surface area (Å²) in [6, 6.07) is 0. The Labute approximate surface area is 98.2 Å². The molecule has 0 aliphatic heterocycles. The Balaban J connectivity index is 3.67. The lowest BCUT2D eigenvalue weighted by molar-refractivity contribution is 0.0283. The zero-order valence-electron chi connectivity index (χ0n) is 10.8. The molecular weight excluding hydrogens is 206 g/mol. The van der Waals surface area contributed by atoms with Crippen LogP contribution in [0, 0.1) is 0 Å². The van der Waals surface area contributed by atoms with Gasteiger partial charge < -0.3 is 14.4 Å². The Kier molecular flexibility index (Phi) is 6.81. The molecule has 0 saturated heterocycles. The van der Waals surface area contributed by atoms with Crippen LogP contribution < -0.4 is 0 Å². The molecule has 0 aliphatic carbocycles. The van der Waals surface area contributed by atoms with Crippen molar-refractivity contribution in [1.82, 2.24) is 4.90 Å². The predicted molar refractivity (Wildman–Crippen MR) is 64.5 cm³/mol. The average molecular weight is 229 g/mol. The van der Waals surface area contributed by atoms with Crippen LogP contribution in [0.3, 0.4) is 0 Å². The van der Waals surface area contributed by atoms with Crippen LogP contribution in [0.2, 0.25) is 0 Å². The van der Waals surface area contributed by atoms with Crippen molar-refractivity contribution in [2.24, 2.45) is 0 Å². The molecule has 0 spiro atoms. The van der Waals surface area contributed by atoms with E-state index in [2.05, 4.69) is 6.58 Å². The fourth-order valence-electron chi connectivity index (χ4n) is 1.00. The molecular formula is C12H23NO3. The minimum atomic E-state index is -0.440. The van der Waals surface area contributed by atoms with Gasteiger partial charge in [-0.3, -0.25) is 0 Å². The summed E-state index contributed by atoms with van der Waals surface area (Å²) in [6.45, 7) is 10.9. The Hall–Kier alpha value is -1.03. The first-order chi connectivity index (χ1) is 7.37. The third-order valence-corrected chi connectivity index (χ3v) is 1.72. The summed E-state index contributed by atoms with van der Waals surface area (Å²) in [5, 5.41) is 0. The van der Waals surface area contributed by atoms with Gasteiger partial charge in [-0.05, 0) is 27.2 Å². The van der Waals surface area contributed by atoms with Crippen molar-refractivity contribution in [3.05, 3.63) is 12.7 Å². The quantitative estimate of drug-likeness (QED) is 0.518. The van der Waals surface area contributed by atoms with Crippen LogP contribution in [-0.2, 0) is 9.47 Å². The fourth-order valence-corrected chi connectivity index (χ4v) is 1.00. The first kappa shape index (κ1) is 15.0. The summed E-state index contributed by atoms with van der Waals surface area (Å²) in [5.41, 5.74) is -0.440. The van der Waals surface area contributed by atoms with Gasteiger partial charge in [-0.25, -0.2) is 4.79 Å². The zero-order chi connectivity index (χ0) is 12.6. The van der Waals surface area contributed by atoms with Crippen molar-refractivity contribution in [3.63, 3.8) is 0 Å². The molecule has 0 atom stereocenters. The summed E-state index contributed by atoms with van der Waals surface area (Å²) in [7, 11) is 1.72. The highest BCUT2D eigenvalue weighted by Gasteiger charge is 2.18. The highest BCUT2D eigenvalue weighted by molar-refractivity contribution is 5.67. The number of ether oxygens (including phenoxy) is 2. The maximum Gasteiger partial charge on any atom is 0.410 e. The lowest BCUT2D eigenvalue weighted by Crippen LogP contribution is -2.35. The van der Waals surface area contributed by atoms with Crippen molar-refractivity contribution < 1.29 is 14.3 Å². The molecule has 0 radical (unpaired) electrons. The van der Waals surface area contributed by atoms with E-state index in [4.69, 9.17) is 9.47 Å². The van der Waals surface area contributed by atoms with Gasteiger partial charge in [-0.2, -0.15) is 0 Å². The third-order valence-electron chi connectivity index (χ3n) is 1.72. The molecule has 0 rings (SSSR count). The molecule has 0 aliphatic rings. The van der Waals surface area contributed by atoms with Crippen LogP contribution in [0.25, 0.3) is 0 Å². The summed E-state index contributed by atoms with van der Waals surface area (Å²) in [5.74, 6) is 0.